The molecule has 1 aliphatic heterocycles. The second-order valence-corrected chi connectivity index (χ2v) is 5.58. The molecule has 2 amide bonds. The highest BCUT2D eigenvalue weighted by Gasteiger charge is 2.41. The number of piperazine rings is 1. The summed E-state index contributed by atoms with van der Waals surface area (Å²) >= 11 is 0. The van der Waals surface area contributed by atoms with Crippen molar-refractivity contribution < 1.29 is 14.0 Å². The van der Waals surface area contributed by atoms with Crippen molar-refractivity contribution in [1.82, 2.24) is 10.2 Å². The SMILES string of the molecule is CCCC1NC(=O)C(C(C)C)N(Cc2ccco2)C1=O. The summed E-state index contributed by atoms with van der Waals surface area (Å²) in [4.78, 5) is 26.5. The summed E-state index contributed by atoms with van der Waals surface area (Å²) < 4.78 is 5.32. The van der Waals surface area contributed by atoms with Crippen LogP contribution < -0.4 is 5.32 Å². The predicted molar refractivity (Wildman–Crippen MR) is 74.7 cm³/mol. The van der Waals surface area contributed by atoms with Crippen molar-refractivity contribution in [3.63, 3.8) is 0 Å². The minimum Gasteiger partial charge on any atom is -0.467 e. The van der Waals surface area contributed by atoms with E-state index >= 15 is 0 Å². The van der Waals surface area contributed by atoms with Crippen LogP contribution in [0.4, 0.5) is 0 Å². The van der Waals surface area contributed by atoms with Crippen molar-refractivity contribution >= 4 is 11.8 Å². The third-order valence-corrected chi connectivity index (χ3v) is 3.62. The van der Waals surface area contributed by atoms with Gasteiger partial charge in [0.2, 0.25) is 11.8 Å². The molecule has 110 valence electrons. The fraction of sp³-hybridized carbons (Fsp3) is 0.600. The second-order valence-electron chi connectivity index (χ2n) is 5.58. The summed E-state index contributed by atoms with van der Waals surface area (Å²) in [5.74, 6) is 0.691. The van der Waals surface area contributed by atoms with Gasteiger partial charge in [0.05, 0.1) is 12.8 Å². The highest BCUT2D eigenvalue weighted by molar-refractivity contribution is 5.97. The summed E-state index contributed by atoms with van der Waals surface area (Å²) in [7, 11) is 0. The first-order valence-corrected chi connectivity index (χ1v) is 7.17. The molecule has 0 aromatic carbocycles. The molecule has 1 saturated heterocycles. The van der Waals surface area contributed by atoms with Gasteiger partial charge in [-0.25, -0.2) is 0 Å². The topological polar surface area (TPSA) is 62.6 Å². The van der Waals surface area contributed by atoms with E-state index in [0.29, 0.717) is 18.7 Å². The Morgan fingerprint density at radius 3 is 2.70 bits per heavy atom. The van der Waals surface area contributed by atoms with Gasteiger partial charge < -0.3 is 14.6 Å². The molecule has 0 saturated carbocycles. The average molecular weight is 278 g/mol. The van der Waals surface area contributed by atoms with E-state index in [1.807, 2.05) is 26.8 Å². The van der Waals surface area contributed by atoms with Gasteiger partial charge in [0.15, 0.2) is 0 Å². The summed E-state index contributed by atoms with van der Waals surface area (Å²) in [5.41, 5.74) is 0. The van der Waals surface area contributed by atoms with E-state index in [1.54, 1.807) is 17.2 Å². The van der Waals surface area contributed by atoms with Crippen molar-refractivity contribution in [3.05, 3.63) is 24.2 Å². The minimum absolute atomic E-state index is 0.0125. The molecule has 0 spiro atoms. The van der Waals surface area contributed by atoms with Gasteiger partial charge in [-0.3, -0.25) is 9.59 Å². The number of nitrogens with zero attached hydrogens (tertiary/aromatic N) is 1. The molecule has 2 unspecified atom stereocenters. The number of carbonyl (C=O) groups excluding carboxylic acids is 2. The Bertz CT molecular complexity index is 467. The molecule has 1 aromatic rings. The first kappa shape index (κ1) is 14.6. The molecule has 5 nitrogen and oxygen atoms in total. The number of nitrogens with one attached hydrogen (secondary N) is 1. The molecule has 20 heavy (non-hydrogen) atoms. The van der Waals surface area contributed by atoms with Crippen molar-refractivity contribution in [3.8, 4) is 0 Å². The standard InChI is InChI=1S/C15H22N2O3/c1-4-6-12-15(19)17(9-11-7-5-8-20-11)13(10(2)3)14(18)16-12/h5,7-8,10,12-13H,4,6,9H2,1-3H3,(H,16,18). The minimum atomic E-state index is -0.430. The highest BCUT2D eigenvalue weighted by Crippen LogP contribution is 2.22. The van der Waals surface area contributed by atoms with Crippen LogP contribution in [0.25, 0.3) is 0 Å². The average Bonchev–Trinajstić information content (AvgIpc) is 2.88. The van der Waals surface area contributed by atoms with E-state index in [-0.39, 0.29) is 17.7 Å². The third-order valence-electron chi connectivity index (χ3n) is 3.62. The maximum atomic E-state index is 12.6. The van der Waals surface area contributed by atoms with Crippen molar-refractivity contribution in [1.29, 1.82) is 0 Å². The van der Waals surface area contributed by atoms with Gasteiger partial charge in [0, 0.05) is 0 Å². The Kier molecular flexibility index (Phi) is 4.47. The zero-order chi connectivity index (χ0) is 14.7. The number of furan rings is 1. The predicted octanol–water partition coefficient (Wildman–Crippen LogP) is 1.93. The summed E-state index contributed by atoms with van der Waals surface area (Å²) in [5, 5.41) is 2.85. The molecule has 2 heterocycles. The van der Waals surface area contributed by atoms with Gasteiger partial charge in [-0.05, 0) is 24.5 Å². The Morgan fingerprint density at radius 1 is 1.40 bits per heavy atom. The molecule has 1 aromatic heterocycles. The zero-order valence-electron chi connectivity index (χ0n) is 12.3. The van der Waals surface area contributed by atoms with E-state index in [9.17, 15) is 9.59 Å². The van der Waals surface area contributed by atoms with Crippen LogP contribution >= 0.6 is 0 Å². The molecular weight excluding hydrogens is 256 g/mol. The van der Waals surface area contributed by atoms with Crippen LogP contribution in [0.3, 0.4) is 0 Å². The zero-order valence-corrected chi connectivity index (χ0v) is 12.3. The van der Waals surface area contributed by atoms with Crippen LogP contribution in [0.15, 0.2) is 22.8 Å². The van der Waals surface area contributed by atoms with Crippen molar-refractivity contribution in [2.45, 2.75) is 52.2 Å². The molecule has 2 rings (SSSR count). The van der Waals surface area contributed by atoms with Gasteiger partial charge in [-0.2, -0.15) is 0 Å². The van der Waals surface area contributed by atoms with Crippen LogP contribution in [-0.4, -0.2) is 28.8 Å². The summed E-state index contributed by atoms with van der Waals surface area (Å²) in [6.07, 6.45) is 3.11. The van der Waals surface area contributed by atoms with Gasteiger partial charge in [-0.1, -0.05) is 27.2 Å². The first-order valence-electron chi connectivity index (χ1n) is 7.17. The van der Waals surface area contributed by atoms with E-state index < -0.39 is 12.1 Å². The molecule has 0 aliphatic carbocycles. The molecule has 1 fully saturated rings. The molecular formula is C15H22N2O3. The Morgan fingerprint density at radius 2 is 2.15 bits per heavy atom. The van der Waals surface area contributed by atoms with Gasteiger partial charge in [-0.15, -0.1) is 0 Å². The Labute approximate surface area is 119 Å². The van der Waals surface area contributed by atoms with E-state index in [0.717, 1.165) is 6.42 Å². The fourth-order valence-electron chi connectivity index (χ4n) is 2.69. The molecule has 2 atom stereocenters. The number of hydrogen-bond donors (Lipinski definition) is 1. The van der Waals surface area contributed by atoms with Crippen LogP contribution in [0.1, 0.15) is 39.4 Å². The summed E-state index contributed by atoms with van der Waals surface area (Å²) in [6, 6.07) is 2.78. The number of hydrogen-bond acceptors (Lipinski definition) is 3. The molecule has 1 aliphatic rings. The van der Waals surface area contributed by atoms with Crippen LogP contribution in [-0.2, 0) is 16.1 Å². The maximum absolute atomic E-state index is 12.6. The lowest BCUT2D eigenvalue weighted by Crippen LogP contribution is -2.64. The fourth-order valence-corrected chi connectivity index (χ4v) is 2.69. The van der Waals surface area contributed by atoms with Gasteiger partial charge in [0.25, 0.3) is 0 Å². The Balaban J connectivity index is 2.24. The number of rotatable bonds is 5. The van der Waals surface area contributed by atoms with Crippen molar-refractivity contribution in [2.24, 2.45) is 5.92 Å². The van der Waals surface area contributed by atoms with E-state index in [4.69, 9.17) is 4.42 Å². The Hall–Kier alpha value is -1.78. The molecule has 1 N–H and O–H groups in total. The molecule has 0 radical (unpaired) electrons. The first-order chi connectivity index (χ1) is 9.54. The maximum Gasteiger partial charge on any atom is 0.246 e. The quantitative estimate of drug-likeness (QED) is 0.895. The monoisotopic (exact) mass is 278 g/mol. The lowest BCUT2D eigenvalue weighted by Gasteiger charge is -2.40. The largest absolute Gasteiger partial charge is 0.467 e. The van der Waals surface area contributed by atoms with E-state index in [2.05, 4.69) is 5.32 Å². The molecule has 0 bridgehead atoms. The van der Waals surface area contributed by atoms with Crippen LogP contribution in [0.5, 0.6) is 0 Å². The van der Waals surface area contributed by atoms with E-state index in [1.165, 1.54) is 0 Å². The van der Waals surface area contributed by atoms with Gasteiger partial charge >= 0.3 is 0 Å². The van der Waals surface area contributed by atoms with Crippen LogP contribution in [0.2, 0.25) is 0 Å². The number of carbonyl (C=O) groups is 2. The lowest BCUT2D eigenvalue weighted by molar-refractivity contribution is -0.152. The number of amides is 2. The lowest BCUT2D eigenvalue weighted by atomic mass is 9.95. The highest BCUT2D eigenvalue weighted by atomic mass is 16.3. The molecule has 5 heteroatoms. The van der Waals surface area contributed by atoms with Gasteiger partial charge in [0.1, 0.15) is 17.8 Å². The second kappa shape index (κ2) is 6.11. The van der Waals surface area contributed by atoms with Crippen LogP contribution in [0, 0.1) is 5.92 Å². The third kappa shape index (κ3) is 2.86. The summed E-state index contributed by atoms with van der Waals surface area (Å²) in [6.45, 7) is 6.26. The van der Waals surface area contributed by atoms with Crippen molar-refractivity contribution in [2.75, 3.05) is 0 Å². The normalized spacial score (nSPS) is 23.3. The smallest absolute Gasteiger partial charge is 0.246 e.